The van der Waals surface area contributed by atoms with E-state index in [0.29, 0.717) is 32.2 Å². The third-order valence-corrected chi connectivity index (χ3v) is 4.55. The minimum absolute atomic E-state index is 0.221. The van der Waals surface area contributed by atoms with Crippen molar-refractivity contribution in [1.29, 1.82) is 0 Å². The average molecular weight is 415 g/mol. The fraction of sp³-hybridized carbons (Fsp3) is 0.706. The summed E-state index contributed by atoms with van der Waals surface area (Å²) in [6.07, 6.45) is 1.74. The van der Waals surface area contributed by atoms with E-state index in [1.54, 1.807) is 0 Å². The first kappa shape index (κ1) is 24.3. The van der Waals surface area contributed by atoms with Crippen LogP contribution in [0, 0.1) is 0 Å². The van der Waals surface area contributed by atoms with Gasteiger partial charge in [-0.3, -0.25) is 19.2 Å². The van der Waals surface area contributed by atoms with E-state index in [4.69, 9.17) is 21.7 Å². The van der Waals surface area contributed by atoms with Crippen LogP contribution in [0.5, 0.6) is 0 Å². The van der Waals surface area contributed by atoms with Gasteiger partial charge in [-0.1, -0.05) is 0 Å². The van der Waals surface area contributed by atoms with Gasteiger partial charge < -0.3 is 37.2 Å². The Bertz CT molecular complexity index is 627. The molecular formula is C17H29N5O7. The molecule has 164 valence electrons. The van der Waals surface area contributed by atoms with E-state index in [0.717, 1.165) is 0 Å². The maximum Gasteiger partial charge on any atom is 0.326 e. The van der Waals surface area contributed by atoms with E-state index in [1.165, 1.54) is 4.90 Å². The summed E-state index contributed by atoms with van der Waals surface area (Å²) in [5.41, 5.74) is 10.9. The molecule has 0 aliphatic carbocycles. The van der Waals surface area contributed by atoms with Gasteiger partial charge in [-0.2, -0.15) is 0 Å². The zero-order chi connectivity index (χ0) is 22.0. The second kappa shape index (κ2) is 12.0. The second-order valence-electron chi connectivity index (χ2n) is 6.85. The minimum Gasteiger partial charge on any atom is -0.481 e. The molecule has 12 nitrogen and oxygen atoms in total. The number of carboxylic acid groups (broad SMARTS) is 2. The Morgan fingerprint density at radius 1 is 1.14 bits per heavy atom. The fourth-order valence-corrected chi connectivity index (χ4v) is 3.07. The lowest BCUT2D eigenvalue weighted by Crippen LogP contribution is -2.53. The van der Waals surface area contributed by atoms with Crippen LogP contribution in [0.3, 0.4) is 0 Å². The molecule has 1 aliphatic heterocycles. The fourth-order valence-electron chi connectivity index (χ4n) is 3.07. The molecule has 3 atom stereocenters. The molecular weight excluding hydrogens is 386 g/mol. The van der Waals surface area contributed by atoms with Crippen molar-refractivity contribution in [3.63, 3.8) is 0 Å². The summed E-state index contributed by atoms with van der Waals surface area (Å²) in [7, 11) is 0. The normalized spacial score (nSPS) is 18.0. The van der Waals surface area contributed by atoms with Crippen molar-refractivity contribution in [3.05, 3.63) is 0 Å². The van der Waals surface area contributed by atoms with E-state index in [-0.39, 0.29) is 13.0 Å². The highest BCUT2D eigenvalue weighted by Gasteiger charge is 2.36. The van der Waals surface area contributed by atoms with Crippen molar-refractivity contribution in [2.24, 2.45) is 11.5 Å². The molecule has 3 unspecified atom stereocenters. The number of hydrogen-bond acceptors (Lipinski definition) is 7. The number of amides is 3. The second-order valence-corrected chi connectivity index (χ2v) is 6.85. The molecule has 0 bridgehead atoms. The SMILES string of the molecule is NCCCCC(NC(=O)CNC(=O)C1CCCN1C(=O)C(N)CC(=O)O)C(=O)O. The maximum atomic E-state index is 12.4. The number of carboxylic acids is 2. The molecule has 0 saturated carbocycles. The van der Waals surface area contributed by atoms with Crippen LogP contribution in [0.4, 0.5) is 0 Å². The highest BCUT2D eigenvalue weighted by molar-refractivity contribution is 5.93. The minimum atomic E-state index is -1.26. The molecule has 1 aliphatic rings. The topological polar surface area (TPSA) is 205 Å². The number of unbranched alkanes of at least 4 members (excludes halogenated alkanes) is 1. The van der Waals surface area contributed by atoms with Gasteiger partial charge in [-0.05, 0) is 38.6 Å². The predicted molar refractivity (Wildman–Crippen MR) is 100 cm³/mol. The van der Waals surface area contributed by atoms with Crippen LogP contribution in [0.25, 0.3) is 0 Å². The summed E-state index contributed by atoms with van der Waals surface area (Å²) in [5.74, 6) is -4.29. The van der Waals surface area contributed by atoms with E-state index in [2.05, 4.69) is 10.6 Å². The Kier molecular flexibility index (Phi) is 10.0. The molecule has 0 aromatic rings. The standard InChI is InChI=1S/C17H29N5O7/c18-6-2-1-4-11(17(28)29)21-13(23)9-20-15(26)12-5-3-7-22(12)16(27)10(19)8-14(24)25/h10-12H,1-9,18-19H2,(H,20,26)(H,21,23)(H,24,25)(H,28,29). The largest absolute Gasteiger partial charge is 0.481 e. The molecule has 0 radical (unpaired) electrons. The quantitative estimate of drug-likeness (QED) is 0.187. The van der Waals surface area contributed by atoms with Crippen LogP contribution in [-0.4, -0.2) is 82.5 Å². The van der Waals surface area contributed by atoms with Crippen molar-refractivity contribution in [2.75, 3.05) is 19.6 Å². The first-order valence-corrected chi connectivity index (χ1v) is 9.45. The number of nitrogens with one attached hydrogen (secondary N) is 2. The van der Waals surface area contributed by atoms with Gasteiger partial charge >= 0.3 is 11.9 Å². The molecule has 0 spiro atoms. The molecule has 1 heterocycles. The molecule has 1 rings (SSSR count). The number of aliphatic carboxylic acids is 2. The monoisotopic (exact) mass is 415 g/mol. The zero-order valence-corrected chi connectivity index (χ0v) is 16.1. The van der Waals surface area contributed by atoms with E-state index in [1.807, 2.05) is 0 Å². The summed E-state index contributed by atoms with van der Waals surface area (Å²) in [6.45, 7) is 0.237. The number of carbonyl (C=O) groups is 5. The van der Waals surface area contributed by atoms with E-state index >= 15 is 0 Å². The van der Waals surface area contributed by atoms with Gasteiger partial charge in [-0.25, -0.2) is 4.79 Å². The lowest BCUT2D eigenvalue weighted by atomic mass is 10.1. The van der Waals surface area contributed by atoms with Crippen molar-refractivity contribution in [2.45, 2.75) is 56.7 Å². The molecule has 12 heteroatoms. The number of hydrogen-bond donors (Lipinski definition) is 6. The lowest BCUT2D eigenvalue weighted by Gasteiger charge is -2.26. The van der Waals surface area contributed by atoms with Gasteiger partial charge in [0, 0.05) is 6.54 Å². The highest BCUT2D eigenvalue weighted by Crippen LogP contribution is 2.18. The maximum absolute atomic E-state index is 12.4. The van der Waals surface area contributed by atoms with E-state index < -0.39 is 60.8 Å². The third-order valence-electron chi connectivity index (χ3n) is 4.55. The molecule has 3 amide bonds. The number of nitrogens with two attached hydrogens (primary N) is 2. The van der Waals surface area contributed by atoms with Crippen LogP contribution in [-0.2, 0) is 24.0 Å². The van der Waals surface area contributed by atoms with Gasteiger partial charge in [0.1, 0.15) is 12.1 Å². The average Bonchev–Trinajstić information content (AvgIpc) is 3.13. The Morgan fingerprint density at radius 3 is 2.41 bits per heavy atom. The number of likely N-dealkylation sites (tertiary alicyclic amines) is 1. The summed E-state index contributed by atoms with van der Waals surface area (Å²) in [6, 6.07) is -3.19. The predicted octanol–water partition coefficient (Wildman–Crippen LogP) is -2.41. The van der Waals surface area contributed by atoms with Gasteiger partial charge in [0.15, 0.2) is 0 Å². The van der Waals surface area contributed by atoms with Crippen LogP contribution < -0.4 is 22.1 Å². The van der Waals surface area contributed by atoms with Gasteiger partial charge in [0.25, 0.3) is 0 Å². The van der Waals surface area contributed by atoms with Crippen molar-refractivity contribution < 1.29 is 34.2 Å². The van der Waals surface area contributed by atoms with Crippen LogP contribution in [0.15, 0.2) is 0 Å². The lowest BCUT2D eigenvalue weighted by molar-refractivity contribution is -0.144. The van der Waals surface area contributed by atoms with E-state index in [9.17, 15) is 24.0 Å². The van der Waals surface area contributed by atoms with Crippen LogP contribution >= 0.6 is 0 Å². The molecule has 1 saturated heterocycles. The number of rotatable bonds is 12. The molecule has 0 aromatic heterocycles. The third kappa shape index (κ3) is 8.03. The van der Waals surface area contributed by atoms with Crippen LogP contribution in [0.1, 0.15) is 38.5 Å². The smallest absolute Gasteiger partial charge is 0.326 e. The molecule has 1 fully saturated rings. The summed E-state index contributed by atoms with van der Waals surface area (Å²) >= 11 is 0. The summed E-state index contributed by atoms with van der Waals surface area (Å²) < 4.78 is 0. The number of carbonyl (C=O) groups excluding carboxylic acids is 3. The van der Waals surface area contributed by atoms with Crippen molar-refractivity contribution >= 4 is 29.7 Å². The van der Waals surface area contributed by atoms with Gasteiger partial charge in [-0.15, -0.1) is 0 Å². The van der Waals surface area contributed by atoms with Gasteiger partial charge in [0.05, 0.1) is 19.0 Å². The Morgan fingerprint density at radius 2 is 1.83 bits per heavy atom. The first-order valence-electron chi connectivity index (χ1n) is 9.45. The Hall–Kier alpha value is -2.73. The Balaban J connectivity index is 2.55. The van der Waals surface area contributed by atoms with Gasteiger partial charge in [0.2, 0.25) is 17.7 Å². The highest BCUT2D eigenvalue weighted by atomic mass is 16.4. The Labute approximate surface area is 168 Å². The molecule has 29 heavy (non-hydrogen) atoms. The molecule has 0 aromatic carbocycles. The number of nitrogens with zero attached hydrogens (tertiary/aromatic N) is 1. The van der Waals surface area contributed by atoms with Crippen molar-refractivity contribution in [1.82, 2.24) is 15.5 Å². The molecule has 8 N–H and O–H groups in total. The summed E-state index contributed by atoms with van der Waals surface area (Å²) in [4.78, 5) is 59.8. The first-order chi connectivity index (χ1) is 13.7. The zero-order valence-electron chi connectivity index (χ0n) is 16.1. The van der Waals surface area contributed by atoms with Crippen LogP contribution in [0.2, 0.25) is 0 Å². The van der Waals surface area contributed by atoms with Crippen molar-refractivity contribution in [3.8, 4) is 0 Å². The summed E-state index contributed by atoms with van der Waals surface area (Å²) in [5, 5.41) is 22.6.